The molecule has 0 bridgehead atoms. The van der Waals surface area contributed by atoms with E-state index in [1.54, 1.807) is 0 Å². The number of carbonyl (C=O) groups excluding carboxylic acids is 1. The summed E-state index contributed by atoms with van der Waals surface area (Å²) < 4.78 is 5.83. The molecule has 0 amide bonds. The van der Waals surface area contributed by atoms with Crippen LogP contribution >= 0.6 is 0 Å². The summed E-state index contributed by atoms with van der Waals surface area (Å²) in [5.74, 6) is -0.643. The number of nitrogens with zero attached hydrogens (tertiary/aromatic N) is 1. The minimum atomic E-state index is -0.759. The highest BCUT2D eigenvalue weighted by Crippen LogP contribution is 2.39. The number of rotatable bonds is 8. The SMILES string of the molecule is CC/C=C\CC1C(CC(=O)O)CCC1OC(=O)CC1CCCCN1C. The van der Waals surface area contributed by atoms with Crippen molar-refractivity contribution in [3.05, 3.63) is 12.2 Å². The summed E-state index contributed by atoms with van der Waals surface area (Å²) in [5.41, 5.74) is 0. The molecule has 5 heteroatoms. The Morgan fingerprint density at radius 1 is 1.16 bits per heavy atom. The minimum Gasteiger partial charge on any atom is -0.481 e. The Morgan fingerprint density at radius 2 is 1.96 bits per heavy atom. The fourth-order valence-electron chi connectivity index (χ4n) is 4.31. The normalized spacial score (nSPS) is 30.6. The number of hydrogen-bond acceptors (Lipinski definition) is 4. The fraction of sp³-hybridized carbons (Fsp3) is 0.800. The molecule has 1 heterocycles. The highest BCUT2D eigenvalue weighted by Gasteiger charge is 2.39. The third-order valence-corrected chi connectivity index (χ3v) is 5.76. The van der Waals surface area contributed by atoms with E-state index in [-0.39, 0.29) is 36.4 Å². The molecular weight excluding hydrogens is 318 g/mol. The molecule has 4 unspecified atom stereocenters. The second-order valence-corrected chi connectivity index (χ2v) is 7.58. The second kappa shape index (κ2) is 9.95. The van der Waals surface area contributed by atoms with Gasteiger partial charge in [-0.2, -0.15) is 0 Å². The van der Waals surface area contributed by atoms with Crippen molar-refractivity contribution < 1.29 is 19.4 Å². The van der Waals surface area contributed by atoms with Crippen LogP contribution in [0.4, 0.5) is 0 Å². The zero-order valence-electron chi connectivity index (χ0n) is 15.7. The lowest BCUT2D eigenvalue weighted by Gasteiger charge is -2.32. The van der Waals surface area contributed by atoms with Gasteiger partial charge in [0.2, 0.25) is 0 Å². The number of aliphatic carboxylic acids is 1. The predicted octanol–water partition coefficient (Wildman–Crippen LogP) is 3.63. The Bertz CT molecular complexity index is 476. The summed E-state index contributed by atoms with van der Waals surface area (Å²) in [4.78, 5) is 25.8. The Balaban J connectivity index is 1.91. The Morgan fingerprint density at radius 3 is 2.64 bits per heavy atom. The molecule has 1 aliphatic carbocycles. The van der Waals surface area contributed by atoms with Crippen molar-refractivity contribution >= 4 is 11.9 Å². The van der Waals surface area contributed by atoms with Crippen LogP contribution in [-0.2, 0) is 14.3 Å². The Hall–Kier alpha value is -1.36. The molecular formula is C20H33NO4. The maximum Gasteiger partial charge on any atom is 0.307 e. The van der Waals surface area contributed by atoms with Crippen molar-refractivity contribution in [3.8, 4) is 0 Å². The third-order valence-electron chi connectivity index (χ3n) is 5.76. The van der Waals surface area contributed by atoms with E-state index < -0.39 is 5.97 Å². The van der Waals surface area contributed by atoms with E-state index in [2.05, 4.69) is 31.0 Å². The summed E-state index contributed by atoms with van der Waals surface area (Å²) in [6.07, 6.45) is 11.5. The monoisotopic (exact) mass is 351 g/mol. The molecule has 2 fully saturated rings. The van der Waals surface area contributed by atoms with E-state index in [4.69, 9.17) is 9.84 Å². The Labute approximate surface area is 151 Å². The van der Waals surface area contributed by atoms with E-state index >= 15 is 0 Å². The quantitative estimate of drug-likeness (QED) is 0.534. The van der Waals surface area contributed by atoms with Crippen molar-refractivity contribution in [2.45, 2.75) is 76.9 Å². The van der Waals surface area contributed by atoms with Gasteiger partial charge in [0.1, 0.15) is 6.10 Å². The topological polar surface area (TPSA) is 66.8 Å². The number of carbonyl (C=O) groups is 2. The van der Waals surface area contributed by atoms with Crippen LogP contribution in [0, 0.1) is 11.8 Å². The second-order valence-electron chi connectivity index (χ2n) is 7.58. The molecule has 1 saturated heterocycles. The summed E-state index contributed by atoms with van der Waals surface area (Å²) in [6, 6.07) is 0.288. The highest BCUT2D eigenvalue weighted by molar-refractivity contribution is 5.70. The van der Waals surface area contributed by atoms with Crippen molar-refractivity contribution in [2.75, 3.05) is 13.6 Å². The van der Waals surface area contributed by atoms with E-state index in [0.717, 1.165) is 38.6 Å². The number of carboxylic acids is 1. The lowest BCUT2D eigenvalue weighted by molar-refractivity contribution is -0.152. The van der Waals surface area contributed by atoms with E-state index in [0.29, 0.717) is 6.42 Å². The van der Waals surface area contributed by atoms with Crippen molar-refractivity contribution in [2.24, 2.45) is 11.8 Å². The van der Waals surface area contributed by atoms with Crippen molar-refractivity contribution in [3.63, 3.8) is 0 Å². The largest absolute Gasteiger partial charge is 0.481 e. The van der Waals surface area contributed by atoms with Gasteiger partial charge in [0.25, 0.3) is 0 Å². The van der Waals surface area contributed by atoms with Crippen LogP contribution in [0.5, 0.6) is 0 Å². The van der Waals surface area contributed by atoms with E-state index in [1.807, 2.05) is 0 Å². The number of piperidine rings is 1. The first-order chi connectivity index (χ1) is 12.0. The van der Waals surface area contributed by atoms with Crippen LogP contribution in [0.25, 0.3) is 0 Å². The van der Waals surface area contributed by atoms with Gasteiger partial charge >= 0.3 is 11.9 Å². The van der Waals surface area contributed by atoms with Gasteiger partial charge in [0.05, 0.1) is 6.42 Å². The first kappa shape index (κ1) is 20.0. The molecule has 0 aromatic carbocycles. The first-order valence-corrected chi connectivity index (χ1v) is 9.77. The molecule has 142 valence electrons. The molecule has 5 nitrogen and oxygen atoms in total. The van der Waals surface area contributed by atoms with Crippen LogP contribution in [0.1, 0.15) is 64.7 Å². The maximum atomic E-state index is 12.4. The van der Waals surface area contributed by atoms with Gasteiger partial charge < -0.3 is 14.7 Å². The van der Waals surface area contributed by atoms with E-state index in [9.17, 15) is 9.59 Å². The summed E-state index contributed by atoms with van der Waals surface area (Å²) in [6.45, 7) is 3.13. The first-order valence-electron chi connectivity index (χ1n) is 9.77. The fourth-order valence-corrected chi connectivity index (χ4v) is 4.31. The third kappa shape index (κ3) is 6.14. The summed E-state index contributed by atoms with van der Waals surface area (Å²) >= 11 is 0. The lowest BCUT2D eigenvalue weighted by Crippen LogP contribution is -2.38. The average molecular weight is 351 g/mol. The maximum absolute atomic E-state index is 12.4. The van der Waals surface area contributed by atoms with Gasteiger partial charge in [-0.05, 0) is 58.0 Å². The van der Waals surface area contributed by atoms with Crippen LogP contribution in [-0.4, -0.2) is 47.7 Å². The molecule has 2 aliphatic rings. The molecule has 0 spiro atoms. The molecule has 0 aromatic rings. The van der Waals surface area contributed by atoms with Gasteiger partial charge in [-0.25, -0.2) is 0 Å². The number of esters is 1. The summed E-state index contributed by atoms with van der Waals surface area (Å²) in [7, 11) is 2.08. The van der Waals surface area contributed by atoms with Crippen LogP contribution in [0.2, 0.25) is 0 Å². The number of likely N-dealkylation sites (tertiary alicyclic amines) is 1. The van der Waals surface area contributed by atoms with Crippen molar-refractivity contribution in [1.29, 1.82) is 0 Å². The standard InChI is InChI=1S/C20H33NO4/c1-3-4-5-9-17-15(13-19(22)23)10-11-18(17)25-20(24)14-16-8-6-7-12-21(16)2/h4-5,15-18H,3,6-14H2,1-2H3,(H,22,23)/b5-4-. The minimum absolute atomic E-state index is 0.106. The van der Waals surface area contributed by atoms with Gasteiger partial charge in [-0.15, -0.1) is 0 Å². The number of carboxylic acid groups (broad SMARTS) is 1. The van der Waals surface area contributed by atoms with Crippen LogP contribution < -0.4 is 0 Å². The predicted molar refractivity (Wildman–Crippen MR) is 97.3 cm³/mol. The van der Waals surface area contributed by atoms with Crippen molar-refractivity contribution in [1.82, 2.24) is 4.90 Å². The smallest absolute Gasteiger partial charge is 0.307 e. The molecule has 1 aliphatic heterocycles. The molecule has 4 atom stereocenters. The molecule has 0 radical (unpaired) electrons. The van der Waals surface area contributed by atoms with Gasteiger partial charge in [0.15, 0.2) is 0 Å². The van der Waals surface area contributed by atoms with Crippen LogP contribution in [0.15, 0.2) is 12.2 Å². The van der Waals surface area contributed by atoms with Gasteiger partial charge in [0, 0.05) is 18.4 Å². The zero-order valence-corrected chi connectivity index (χ0v) is 15.7. The van der Waals surface area contributed by atoms with Crippen LogP contribution in [0.3, 0.4) is 0 Å². The summed E-state index contributed by atoms with van der Waals surface area (Å²) in [5, 5.41) is 9.15. The number of allylic oxidation sites excluding steroid dienone is 2. The lowest BCUT2D eigenvalue weighted by atomic mass is 9.89. The zero-order chi connectivity index (χ0) is 18.2. The molecule has 25 heavy (non-hydrogen) atoms. The number of hydrogen-bond donors (Lipinski definition) is 1. The number of ether oxygens (including phenoxy) is 1. The molecule has 2 rings (SSSR count). The highest BCUT2D eigenvalue weighted by atomic mass is 16.5. The molecule has 0 aromatic heterocycles. The van der Waals surface area contributed by atoms with E-state index in [1.165, 1.54) is 12.8 Å². The molecule has 1 saturated carbocycles. The van der Waals surface area contributed by atoms with Gasteiger partial charge in [-0.1, -0.05) is 25.5 Å². The molecule has 1 N–H and O–H groups in total. The Kier molecular flexibility index (Phi) is 7.94. The van der Waals surface area contributed by atoms with Gasteiger partial charge in [-0.3, -0.25) is 9.59 Å². The average Bonchev–Trinajstić information content (AvgIpc) is 2.91.